The van der Waals surface area contributed by atoms with Crippen LogP contribution in [0.1, 0.15) is 41.7 Å². The van der Waals surface area contributed by atoms with Gasteiger partial charge in [0, 0.05) is 12.0 Å². The van der Waals surface area contributed by atoms with Crippen molar-refractivity contribution in [1.29, 1.82) is 0 Å². The molecule has 1 amide bonds. The van der Waals surface area contributed by atoms with Crippen molar-refractivity contribution in [1.82, 2.24) is 4.98 Å². The topological polar surface area (TPSA) is 68.3 Å². The second-order valence-electron chi connectivity index (χ2n) is 6.84. The summed E-state index contributed by atoms with van der Waals surface area (Å²) in [6.45, 7) is 0. The maximum absolute atomic E-state index is 13.3. The molecule has 3 aliphatic rings. The number of aromatic nitrogens is 1. The summed E-state index contributed by atoms with van der Waals surface area (Å²) in [5.74, 6) is -3.56. The summed E-state index contributed by atoms with van der Waals surface area (Å²) in [7, 11) is 0. The highest BCUT2D eigenvalue weighted by atomic mass is 19.4. The molecule has 8 heteroatoms. The van der Waals surface area contributed by atoms with Crippen molar-refractivity contribution in [3.05, 3.63) is 23.4 Å². The fraction of sp³-hybridized carbons (Fsp3) is 0.588. The van der Waals surface area contributed by atoms with E-state index in [1.165, 1.54) is 6.07 Å². The van der Waals surface area contributed by atoms with Crippen LogP contribution in [0.4, 0.5) is 19.0 Å². The fourth-order valence-electron chi connectivity index (χ4n) is 4.20. The van der Waals surface area contributed by atoms with Crippen LogP contribution in [0.3, 0.4) is 0 Å². The third kappa shape index (κ3) is 2.82. The van der Waals surface area contributed by atoms with Gasteiger partial charge in [0.2, 0.25) is 5.91 Å². The zero-order chi connectivity index (χ0) is 17.8. The summed E-state index contributed by atoms with van der Waals surface area (Å²) in [4.78, 5) is 28.5. The molecule has 2 fully saturated rings. The summed E-state index contributed by atoms with van der Waals surface area (Å²) in [6.07, 6.45) is -3.54. The molecule has 4 atom stereocenters. The van der Waals surface area contributed by atoms with Crippen molar-refractivity contribution < 1.29 is 27.5 Å². The van der Waals surface area contributed by atoms with E-state index in [0.29, 0.717) is 43.4 Å². The highest BCUT2D eigenvalue weighted by molar-refractivity contribution is 5.99. The SMILES string of the molecule is O=C1CCCc2nc(NC(=O)C3C4CCC(O4)C3C(F)(F)F)ccc21. The van der Waals surface area contributed by atoms with Crippen LogP contribution in [0, 0.1) is 11.8 Å². The minimum Gasteiger partial charge on any atom is -0.373 e. The molecule has 0 saturated carbocycles. The average Bonchev–Trinajstić information content (AvgIpc) is 3.15. The molecule has 5 nitrogen and oxygen atoms in total. The smallest absolute Gasteiger partial charge is 0.373 e. The van der Waals surface area contributed by atoms with Crippen molar-refractivity contribution in [2.75, 3.05) is 5.32 Å². The Balaban J connectivity index is 1.55. The molecule has 0 aromatic carbocycles. The highest BCUT2D eigenvalue weighted by Crippen LogP contribution is 2.50. The summed E-state index contributed by atoms with van der Waals surface area (Å²) in [5, 5.41) is 2.49. The van der Waals surface area contributed by atoms with Gasteiger partial charge in [0.15, 0.2) is 5.78 Å². The average molecular weight is 354 g/mol. The molecular weight excluding hydrogens is 337 g/mol. The third-order valence-electron chi connectivity index (χ3n) is 5.30. The number of fused-ring (bicyclic) bond motifs is 3. The van der Waals surface area contributed by atoms with Crippen LogP contribution >= 0.6 is 0 Å². The number of Topliss-reactive ketones (excluding diaryl/α,β-unsaturated/α-hetero) is 1. The van der Waals surface area contributed by atoms with Crippen LogP contribution in [0.5, 0.6) is 0 Å². The monoisotopic (exact) mass is 354 g/mol. The number of hydrogen-bond donors (Lipinski definition) is 1. The van der Waals surface area contributed by atoms with Crippen molar-refractivity contribution in [3.8, 4) is 0 Å². The van der Waals surface area contributed by atoms with Gasteiger partial charge in [-0.3, -0.25) is 9.59 Å². The van der Waals surface area contributed by atoms with E-state index in [9.17, 15) is 22.8 Å². The number of amides is 1. The zero-order valence-corrected chi connectivity index (χ0v) is 13.3. The summed E-state index contributed by atoms with van der Waals surface area (Å²) in [5.41, 5.74) is 1.12. The van der Waals surface area contributed by atoms with E-state index < -0.39 is 36.1 Å². The molecule has 3 heterocycles. The zero-order valence-electron chi connectivity index (χ0n) is 13.3. The maximum atomic E-state index is 13.3. The number of nitrogens with one attached hydrogen (secondary N) is 1. The molecule has 1 N–H and O–H groups in total. The Bertz CT molecular complexity index is 734. The molecule has 4 rings (SSSR count). The first-order chi connectivity index (χ1) is 11.8. The van der Waals surface area contributed by atoms with Gasteiger partial charge in [-0.05, 0) is 37.8 Å². The quantitative estimate of drug-likeness (QED) is 0.887. The summed E-state index contributed by atoms with van der Waals surface area (Å²) < 4.78 is 45.3. The van der Waals surface area contributed by atoms with Crippen LogP contribution < -0.4 is 5.32 Å². The highest BCUT2D eigenvalue weighted by Gasteiger charge is 2.62. The summed E-state index contributed by atoms with van der Waals surface area (Å²) >= 11 is 0. The van der Waals surface area contributed by atoms with E-state index in [-0.39, 0.29) is 11.6 Å². The number of nitrogens with zero attached hydrogens (tertiary/aromatic N) is 1. The van der Waals surface area contributed by atoms with Crippen molar-refractivity contribution in [2.24, 2.45) is 11.8 Å². The number of rotatable bonds is 2. The van der Waals surface area contributed by atoms with Crippen LogP contribution in [0.2, 0.25) is 0 Å². The number of hydrogen-bond acceptors (Lipinski definition) is 4. The van der Waals surface area contributed by atoms with E-state index in [0.717, 1.165) is 0 Å². The van der Waals surface area contributed by atoms with Gasteiger partial charge in [-0.25, -0.2) is 4.98 Å². The molecule has 0 radical (unpaired) electrons. The predicted molar refractivity (Wildman–Crippen MR) is 81.1 cm³/mol. The fourth-order valence-corrected chi connectivity index (χ4v) is 4.20. The molecule has 0 spiro atoms. The minimum absolute atomic E-state index is 0.00487. The minimum atomic E-state index is -4.47. The van der Waals surface area contributed by atoms with E-state index >= 15 is 0 Å². The van der Waals surface area contributed by atoms with Crippen LogP contribution in [-0.2, 0) is 16.0 Å². The standard InChI is InChI=1S/C17H17F3N2O3/c18-17(19,20)15-12-6-5-11(25-12)14(15)16(24)22-13-7-4-8-9(21-13)2-1-3-10(8)23/h4,7,11-12,14-15H,1-3,5-6H2,(H,21,22,24). The molecule has 2 saturated heterocycles. The normalized spacial score (nSPS) is 31.1. The lowest BCUT2D eigenvalue weighted by molar-refractivity contribution is -0.196. The van der Waals surface area contributed by atoms with Gasteiger partial charge in [-0.2, -0.15) is 13.2 Å². The number of carbonyl (C=O) groups is 2. The second kappa shape index (κ2) is 5.79. The van der Waals surface area contributed by atoms with Gasteiger partial charge in [-0.15, -0.1) is 0 Å². The van der Waals surface area contributed by atoms with Crippen LogP contribution in [0.15, 0.2) is 12.1 Å². The van der Waals surface area contributed by atoms with Gasteiger partial charge in [0.05, 0.1) is 29.7 Å². The molecule has 1 aromatic heterocycles. The number of ketones is 1. The van der Waals surface area contributed by atoms with Gasteiger partial charge in [-0.1, -0.05) is 0 Å². The number of ether oxygens (including phenoxy) is 1. The Morgan fingerprint density at radius 1 is 1.20 bits per heavy atom. The van der Waals surface area contributed by atoms with Crippen LogP contribution in [-0.4, -0.2) is 35.1 Å². The lowest BCUT2D eigenvalue weighted by Gasteiger charge is -2.28. The predicted octanol–water partition coefficient (Wildman–Crippen LogP) is 2.90. The number of aryl methyl sites for hydroxylation is 1. The van der Waals surface area contributed by atoms with Gasteiger partial charge < -0.3 is 10.1 Å². The van der Waals surface area contributed by atoms with E-state index in [1.54, 1.807) is 6.07 Å². The Labute approximate surface area is 141 Å². The molecule has 25 heavy (non-hydrogen) atoms. The third-order valence-corrected chi connectivity index (χ3v) is 5.30. The number of anilines is 1. The number of pyridine rings is 1. The Morgan fingerprint density at radius 3 is 2.72 bits per heavy atom. The molecule has 1 aromatic rings. The Hall–Kier alpha value is -1.96. The van der Waals surface area contributed by atoms with Gasteiger partial charge >= 0.3 is 6.18 Å². The Morgan fingerprint density at radius 2 is 1.96 bits per heavy atom. The van der Waals surface area contributed by atoms with Crippen molar-refractivity contribution >= 4 is 17.5 Å². The lowest BCUT2D eigenvalue weighted by Crippen LogP contribution is -2.44. The molecule has 2 bridgehead atoms. The number of carbonyl (C=O) groups excluding carboxylic acids is 2. The molecule has 134 valence electrons. The number of halogens is 3. The first-order valence-corrected chi connectivity index (χ1v) is 8.41. The van der Waals surface area contributed by atoms with Gasteiger partial charge in [0.1, 0.15) is 5.82 Å². The number of alkyl halides is 3. The largest absolute Gasteiger partial charge is 0.395 e. The summed E-state index contributed by atoms with van der Waals surface area (Å²) in [6, 6.07) is 3.05. The van der Waals surface area contributed by atoms with Gasteiger partial charge in [0.25, 0.3) is 0 Å². The maximum Gasteiger partial charge on any atom is 0.395 e. The van der Waals surface area contributed by atoms with Crippen molar-refractivity contribution in [3.63, 3.8) is 0 Å². The molecular formula is C17H17F3N2O3. The van der Waals surface area contributed by atoms with Crippen molar-refractivity contribution in [2.45, 2.75) is 50.5 Å². The molecule has 1 aliphatic carbocycles. The second-order valence-corrected chi connectivity index (χ2v) is 6.84. The first-order valence-electron chi connectivity index (χ1n) is 8.41. The van der Waals surface area contributed by atoms with E-state index in [1.807, 2.05) is 0 Å². The van der Waals surface area contributed by atoms with Crippen LogP contribution in [0.25, 0.3) is 0 Å². The van der Waals surface area contributed by atoms with E-state index in [4.69, 9.17) is 4.74 Å². The van der Waals surface area contributed by atoms with E-state index in [2.05, 4.69) is 10.3 Å². The lowest BCUT2D eigenvalue weighted by atomic mass is 9.78. The Kier molecular flexibility index (Phi) is 3.82. The molecule has 2 aliphatic heterocycles. The first kappa shape index (κ1) is 16.5. The molecule has 4 unspecified atom stereocenters.